The number of H-pyrrole nitrogens is 1. The van der Waals surface area contributed by atoms with Crippen molar-refractivity contribution in [1.29, 1.82) is 0 Å². The maximum absolute atomic E-state index is 11.6. The van der Waals surface area contributed by atoms with Crippen molar-refractivity contribution in [1.82, 2.24) is 4.98 Å². The SMILES string of the molecule is COc1cc(=O)c2cccc(C)c2[nH]1. The van der Waals surface area contributed by atoms with Crippen LogP contribution < -0.4 is 10.2 Å². The molecule has 0 saturated heterocycles. The molecule has 1 aromatic carbocycles. The lowest BCUT2D eigenvalue weighted by atomic mass is 10.1. The molecule has 0 radical (unpaired) electrons. The fraction of sp³-hybridized carbons (Fsp3) is 0.182. The number of aryl methyl sites for hydroxylation is 1. The van der Waals surface area contributed by atoms with Gasteiger partial charge in [-0.15, -0.1) is 0 Å². The Labute approximate surface area is 81.3 Å². The summed E-state index contributed by atoms with van der Waals surface area (Å²) in [6.45, 7) is 1.96. The van der Waals surface area contributed by atoms with Gasteiger partial charge in [0.05, 0.1) is 12.6 Å². The third kappa shape index (κ3) is 1.27. The lowest BCUT2D eigenvalue weighted by molar-refractivity contribution is 0.399. The highest BCUT2D eigenvalue weighted by atomic mass is 16.5. The first-order chi connectivity index (χ1) is 6.72. The number of para-hydroxylation sites is 1. The van der Waals surface area contributed by atoms with E-state index in [2.05, 4.69) is 4.98 Å². The van der Waals surface area contributed by atoms with Gasteiger partial charge >= 0.3 is 0 Å². The number of methoxy groups -OCH3 is 1. The van der Waals surface area contributed by atoms with Gasteiger partial charge in [0, 0.05) is 11.5 Å². The molecule has 14 heavy (non-hydrogen) atoms. The van der Waals surface area contributed by atoms with Gasteiger partial charge in [0.25, 0.3) is 0 Å². The minimum absolute atomic E-state index is 0.0145. The van der Waals surface area contributed by atoms with E-state index in [0.717, 1.165) is 11.1 Å². The number of hydrogen-bond donors (Lipinski definition) is 1. The minimum Gasteiger partial charge on any atom is -0.482 e. The highest BCUT2D eigenvalue weighted by molar-refractivity contribution is 5.81. The van der Waals surface area contributed by atoms with Crippen LogP contribution in [0.3, 0.4) is 0 Å². The molecule has 0 spiro atoms. The summed E-state index contributed by atoms with van der Waals surface area (Å²) in [5.74, 6) is 0.497. The van der Waals surface area contributed by atoms with Crippen LogP contribution in [0.1, 0.15) is 5.56 Å². The summed E-state index contributed by atoms with van der Waals surface area (Å²) in [6, 6.07) is 7.10. The molecular weight excluding hydrogens is 178 g/mol. The molecule has 0 aliphatic heterocycles. The number of fused-ring (bicyclic) bond motifs is 1. The maximum atomic E-state index is 11.6. The first-order valence-electron chi connectivity index (χ1n) is 4.39. The Morgan fingerprint density at radius 2 is 2.14 bits per heavy atom. The first-order valence-corrected chi connectivity index (χ1v) is 4.39. The van der Waals surface area contributed by atoms with Crippen molar-refractivity contribution in [3.63, 3.8) is 0 Å². The minimum atomic E-state index is -0.0145. The zero-order valence-electron chi connectivity index (χ0n) is 8.13. The van der Waals surface area contributed by atoms with E-state index in [0.29, 0.717) is 11.3 Å². The van der Waals surface area contributed by atoms with Crippen molar-refractivity contribution >= 4 is 10.9 Å². The molecule has 0 bridgehead atoms. The monoisotopic (exact) mass is 189 g/mol. The van der Waals surface area contributed by atoms with Crippen LogP contribution in [-0.2, 0) is 0 Å². The molecule has 3 heteroatoms. The standard InChI is InChI=1S/C11H11NO2/c1-7-4-3-5-8-9(13)6-10(14-2)12-11(7)8/h3-6H,1-2H3,(H,12,13). The molecule has 0 unspecified atom stereocenters. The highest BCUT2D eigenvalue weighted by Crippen LogP contribution is 2.15. The van der Waals surface area contributed by atoms with Gasteiger partial charge in [-0.05, 0) is 18.6 Å². The zero-order chi connectivity index (χ0) is 10.1. The Balaban J connectivity index is 2.91. The number of aromatic amines is 1. The van der Waals surface area contributed by atoms with Gasteiger partial charge in [-0.3, -0.25) is 4.79 Å². The normalized spacial score (nSPS) is 10.4. The predicted octanol–water partition coefficient (Wildman–Crippen LogP) is 1.85. The molecule has 72 valence electrons. The Morgan fingerprint density at radius 1 is 1.36 bits per heavy atom. The third-order valence-corrected chi connectivity index (χ3v) is 2.27. The van der Waals surface area contributed by atoms with Gasteiger partial charge in [0.2, 0.25) is 0 Å². The van der Waals surface area contributed by atoms with Gasteiger partial charge < -0.3 is 9.72 Å². The van der Waals surface area contributed by atoms with Crippen molar-refractivity contribution < 1.29 is 4.74 Å². The van der Waals surface area contributed by atoms with E-state index in [4.69, 9.17) is 4.74 Å². The van der Waals surface area contributed by atoms with E-state index in [1.807, 2.05) is 19.1 Å². The molecule has 0 aliphatic rings. The number of hydrogen-bond acceptors (Lipinski definition) is 2. The Bertz CT molecular complexity index is 528. The number of benzene rings is 1. The number of pyridine rings is 1. The van der Waals surface area contributed by atoms with Gasteiger partial charge in [-0.25, -0.2) is 0 Å². The van der Waals surface area contributed by atoms with Crippen molar-refractivity contribution in [2.45, 2.75) is 6.92 Å². The van der Waals surface area contributed by atoms with Gasteiger partial charge in [0.15, 0.2) is 11.3 Å². The summed E-state index contributed by atoms with van der Waals surface area (Å²) in [6.07, 6.45) is 0. The summed E-state index contributed by atoms with van der Waals surface area (Å²) >= 11 is 0. The summed E-state index contributed by atoms with van der Waals surface area (Å²) in [5, 5.41) is 0.700. The van der Waals surface area contributed by atoms with Crippen LogP contribution in [0.25, 0.3) is 10.9 Å². The second kappa shape index (κ2) is 3.18. The average molecular weight is 189 g/mol. The topological polar surface area (TPSA) is 42.1 Å². The molecule has 0 amide bonds. The molecule has 2 rings (SSSR count). The zero-order valence-corrected chi connectivity index (χ0v) is 8.13. The number of aromatic nitrogens is 1. The second-order valence-corrected chi connectivity index (χ2v) is 3.20. The van der Waals surface area contributed by atoms with Crippen LogP contribution in [0.2, 0.25) is 0 Å². The fourth-order valence-electron chi connectivity index (χ4n) is 1.51. The second-order valence-electron chi connectivity index (χ2n) is 3.20. The van der Waals surface area contributed by atoms with Crippen LogP contribution in [-0.4, -0.2) is 12.1 Å². The summed E-state index contributed by atoms with van der Waals surface area (Å²) in [5.41, 5.74) is 1.87. The number of rotatable bonds is 1. The molecule has 0 fully saturated rings. The molecule has 0 saturated carbocycles. The first kappa shape index (κ1) is 8.81. The predicted molar refractivity (Wildman–Crippen MR) is 55.9 cm³/mol. The van der Waals surface area contributed by atoms with E-state index >= 15 is 0 Å². The van der Waals surface area contributed by atoms with Crippen LogP contribution >= 0.6 is 0 Å². The van der Waals surface area contributed by atoms with Crippen molar-refractivity contribution in [3.8, 4) is 5.88 Å². The van der Waals surface area contributed by atoms with E-state index in [1.54, 1.807) is 6.07 Å². The highest BCUT2D eigenvalue weighted by Gasteiger charge is 2.03. The van der Waals surface area contributed by atoms with Gasteiger partial charge in [0.1, 0.15) is 0 Å². The van der Waals surface area contributed by atoms with E-state index in [-0.39, 0.29) is 5.43 Å². The fourth-order valence-corrected chi connectivity index (χ4v) is 1.51. The molecule has 2 aromatic rings. The van der Waals surface area contributed by atoms with Crippen LogP contribution in [0.5, 0.6) is 5.88 Å². The van der Waals surface area contributed by atoms with Crippen LogP contribution in [0, 0.1) is 6.92 Å². The molecule has 1 aromatic heterocycles. The Hall–Kier alpha value is -1.77. The molecule has 0 aliphatic carbocycles. The molecule has 1 heterocycles. The van der Waals surface area contributed by atoms with Gasteiger partial charge in [-0.1, -0.05) is 12.1 Å². The third-order valence-electron chi connectivity index (χ3n) is 2.27. The molecule has 3 nitrogen and oxygen atoms in total. The van der Waals surface area contributed by atoms with Crippen molar-refractivity contribution in [2.75, 3.05) is 7.11 Å². The molecular formula is C11H11NO2. The summed E-state index contributed by atoms with van der Waals surface area (Å²) < 4.78 is 5.00. The van der Waals surface area contributed by atoms with Crippen molar-refractivity contribution in [2.24, 2.45) is 0 Å². The lowest BCUT2D eigenvalue weighted by Gasteiger charge is -2.04. The van der Waals surface area contributed by atoms with E-state index in [1.165, 1.54) is 13.2 Å². The lowest BCUT2D eigenvalue weighted by Crippen LogP contribution is -2.03. The van der Waals surface area contributed by atoms with E-state index in [9.17, 15) is 4.79 Å². The van der Waals surface area contributed by atoms with Crippen molar-refractivity contribution in [3.05, 3.63) is 40.1 Å². The smallest absolute Gasteiger partial charge is 0.194 e. The Kier molecular flexibility index (Phi) is 2.00. The molecule has 1 N–H and O–H groups in total. The quantitative estimate of drug-likeness (QED) is 0.743. The number of ether oxygens (including phenoxy) is 1. The van der Waals surface area contributed by atoms with Crippen LogP contribution in [0.4, 0.5) is 0 Å². The Morgan fingerprint density at radius 3 is 2.86 bits per heavy atom. The number of nitrogens with one attached hydrogen (secondary N) is 1. The van der Waals surface area contributed by atoms with Crippen LogP contribution in [0.15, 0.2) is 29.1 Å². The van der Waals surface area contributed by atoms with E-state index < -0.39 is 0 Å². The summed E-state index contributed by atoms with van der Waals surface area (Å²) in [4.78, 5) is 14.7. The summed E-state index contributed by atoms with van der Waals surface area (Å²) in [7, 11) is 1.54. The maximum Gasteiger partial charge on any atom is 0.194 e. The van der Waals surface area contributed by atoms with Gasteiger partial charge in [-0.2, -0.15) is 0 Å². The largest absolute Gasteiger partial charge is 0.482 e. The molecule has 0 atom stereocenters. The average Bonchev–Trinajstić information content (AvgIpc) is 2.19.